The molecule has 1 aromatic heterocycles. The average Bonchev–Trinajstić information content (AvgIpc) is 2.92. The van der Waals surface area contributed by atoms with Gasteiger partial charge < -0.3 is 16.0 Å². The summed E-state index contributed by atoms with van der Waals surface area (Å²) in [5.41, 5.74) is 5.74. The van der Waals surface area contributed by atoms with Crippen molar-refractivity contribution in [1.29, 1.82) is 0 Å². The van der Waals surface area contributed by atoms with Gasteiger partial charge in [-0.3, -0.25) is 4.79 Å². The number of hydrogen-bond donors (Lipinski definition) is 2. The SMILES string of the molecule is CC(C)(C)[C@H](N)C(=O)NCC1CCCN1c1cccnn1.Cl.Cl. The molecule has 0 spiro atoms. The van der Waals surface area contributed by atoms with Crippen LogP contribution in [0.5, 0.6) is 0 Å². The van der Waals surface area contributed by atoms with Crippen LogP contribution >= 0.6 is 24.8 Å². The number of nitrogens with two attached hydrogens (primary N) is 1. The zero-order chi connectivity index (χ0) is 15.5. The lowest BCUT2D eigenvalue weighted by atomic mass is 9.87. The minimum absolute atomic E-state index is 0. The number of carbonyl (C=O) groups is 1. The molecule has 0 radical (unpaired) electrons. The molecule has 1 aliphatic heterocycles. The van der Waals surface area contributed by atoms with E-state index in [2.05, 4.69) is 20.4 Å². The molecule has 132 valence electrons. The van der Waals surface area contributed by atoms with Gasteiger partial charge >= 0.3 is 0 Å². The van der Waals surface area contributed by atoms with Crippen LogP contribution in [0, 0.1) is 5.41 Å². The zero-order valence-corrected chi connectivity index (χ0v) is 15.5. The first-order valence-corrected chi connectivity index (χ1v) is 7.47. The summed E-state index contributed by atoms with van der Waals surface area (Å²) in [6.45, 7) is 7.46. The van der Waals surface area contributed by atoms with Crippen LogP contribution in [0.3, 0.4) is 0 Å². The molecule has 1 saturated heterocycles. The summed E-state index contributed by atoms with van der Waals surface area (Å²) in [5.74, 6) is 0.780. The van der Waals surface area contributed by atoms with E-state index in [9.17, 15) is 4.79 Å². The highest BCUT2D eigenvalue weighted by atomic mass is 35.5. The number of rotatable bonds is 4. The summed E-state index contributed by atoms with van der Waals surface area (Å²) in [4.78, 5) is 14.3. The van der Waals surface area contributed by atoms with E-state index in [1.165, 1.54) is 0 Å². The quantitative estimate of drug-likeness (QED) is 0.851. The molecule has 0 saturated carbocycles. The van der Waals surface area contributed by atoms with E-state index >= 15 is 0 Å². The minimum atomic E-state index is -0.496. The molecule has 1 unspecified atom stereocenters. The third kappa shape index (κ3) is 5.79. The number of anilines is 1. The average molecular weight is 364 g/mol. The van der Waals surface area contributed by atoms with Crippen molar-refractivity contribution >= 4 is 36.5 Å². The fourth-order valence-electron chi connectivity index (χ4n) is 2.52. The standard InChI is InChI=1S/C15H25N5O.2ClH/c1-15(2,3)13(16)14(21)17-10-11-6-5-9-20(11)12-7-4-8-18-19-12;;/h4,7-8,11,13H,5-6,9-10,16H2,1-3H3,(H,17,21);2*1H/t11?,13-;;/m1../s1. The molecule has 8 heteroatoms. The maximum absolute atomic E-state index is 12.1. The predicted octanol–water partition coefficient (Wildman–Crippen LogP) is 1.78. The van der Waals surface area contributed by atoms with Crippen LogP contribution < -0.4 is 16.0 Å². The Bertz CT molecular complexity index is 481. The van der Waals surface area contributed by atoms with E-state index < -0.39 is 6.04 Å². The van der Waals surface area contributed by atoms with Gasteiger partial charge in [0.15, 0.2) is 5.82 Å². The fraction of sp³-hybridized carbons (Fsp3) is 0.667. The maximum Gasteiger partial charge on any atom is 0.237 e. The third-order valence-corrected chi connectivity index (χ3v) is 3.96. The first-order chi connectivity index (χ1) is 9.89. The van der Waals surface area contributed by atoms with Gasteiger partial charge in [-0.2, -0.15) is 5.10 Å². The Hall–Kier alpha value is -1.11. The Morgan fingerprint density at radius 1 is 1.48 bits per heavy atom. The molecule has 1 fully saturated rings. The van der Waals surface area contributed by atoms with E-state index in [-0.39, 0.29) is 42.2 Å². The summed E-state index contributed by atoms with van der Waals surface area (Å²) in [5, 5.41) is 11.0. The molecular weight excluding hydrogens is 337 g/mol. The van der Waals surface area contributed by atoms with Crippen molar-refractivity contribution in [2.24, 2.45) is 11.1 Å². The van der Waals surface area contributed by atoms with Gasteiger partial charge in [0.05, 0.1) is 6.04 Å². The van der Waals surface area contributed by atoms with E-state index in [0.717, 1.165) is 25.2 Å². The molecule has 23 heavy (non-hydrogen) atoms. The van der Waals surface area contributed by atoms with Crippen molar-refractivity contribution in [1.82, 2.24) is 15.5 Å². The predicted molar refractivity (Wildman–Crippen MR) is 97.3 cm³/mol. The fourth-order valence-corrected chi connectivity index (χ4v) is 2.52. The van der Waals surface area contributed by atoms with Crippen molar-refractivity contribution in [3.63, 3.8) is 0 Å². The van der Waals surface area contributed by atoms with Crippen LogP contribution in [-0.2, 0) is 4.79 Å². The molecule has 0 aliphatic carbocycles. The largest absolute Gasteiger partial charge is 0.353 e. The zero-order valence-electron chi connectivity index (χ0n) is 13.9. The third-order valence-electron chi connectivity index (χ3n) is 3.96. The number of amides is 1. The number of halogens is 2. The second-order valence-corrected chi connectivity index (χ2v) is 6.66. The number of nitrogens with one attached hydrogen (secondary N) is 1. The van der Waals surface area contributed by atoms with Crippen LogP contribution in [0.15, 0.2) is 18.3 Å². The van der Waals surface area contributed by atoms with Gasteiger partial charge in [0, 0.05) is 25.3 Å². The second kappa shape index (κ2) is 9.25. The van der Waals surface area contributed by atoms with Gasteiger partial charge in [-0.05, 0) is 30.4 Å². The Balaban J connectivity index is 0.00000242. The van der Waals surface area contributed by atoms with Crippen LogP contribution in [-0.4, -0.2) is 41.3 Å². The molecular formula is C15H27Cl2N5O. The summed E-state index contributed by atoms with van der Waals surface area (Å²) in [6, 6.07) is 3.60. The van der Waals surface area contributed by atoms with Crippen molar-refractivity contribution in [3.05, 3.63) is 18.3 Å². The van der Waals surface area contributed by atoms with Gasteiger partial charge in [-0.1, -0.05) is 20.8 Å². The van der Waals surface area contributed by atoms with Gasteiger partial charge in [0.2, 0.25) is 5.91 Å². The Morgan fingerprint density at radius 2 is 2.17 bits per heavy atom. The molecule has 1 aliphatic rings. The lowest BCUT2D eigenvalue weighted by molar-refractivity contribution is -0.124. The van der Waals surface area contributed by atoms with Gasteiger partial charge in [-0.15, -0.1) is 29.9 Å². The Morgan fingerprint density at radius 3 is 2.74 bits per heavy atom. The van der Waals surface area contributed by atoms with Gasteiger partial charge in [-0.25, -0.2) is 0 Å². The van der Waals surface area contributed by atoms with Crippen LogP contribution in [0.4, 0.5) is 5.82 Å². The van der Waals surface area contributed by atoms with E-state index in [1.54, 1.807) is 6.20 Å². The van der Waals surface area contributed by atoms with E-state index in [4.69, 9.17) is 5.73 Å². The molecule has 0 aromatic carbocycles. The van der Waals surface area contributed by atoms with Crippen molar-refractivity contribution in [3.8, 4) is 0 Å². The summed E-state index contributed by atoms with van der Waals surface area (Å²) in [6.07, 6.45) is 3.81. The molecule has 2 atom stereocenters. The first-order valence-electron chi connectivity index (χ1n) is 7.47. The second-order valence-electron chi connectivity index (χ2n) is 6.66. The molecule has 3 N–H and O–H groups in total. The van der Waals surface area contributed by atoms with Crippen molar-refractivity contribution < 1.29 is 4.79 Å². The highest BCUT2D eigenvalue weighted by Crippen LogP contribution is 2.23. The summed E-state index contributed by atoms with van der Waals surface area (Å²) < 4.78 is 0. The summed E-state index contributed by atoms with van der Waals surface area (Å²) in [7, 11) is 0. The van der Waals surface area contributed by atoms with Crippen LogP contribution in [0.2, 0.25) is 0 Å². The Labute approximate surface area is 150 Å². The monoisotopic (exact) mass is 363 g/mol. The smallest absolute Gasteiger partial charge is 0.237 e. The lowest BCUT2D eigenvalue weighted by Gasteiger charge is -2.29. The first kappa shape index (κ1) is 21.9. The number of hydrogen-bond acceptors (Lipinski definition) is 5. The van der Waals surface area contributed by atoms with Crippen molar-refractivity contribution in [2.45, 2.75) is 45.7 Å². The van der Waals surface area contributed by atoms with Crippen LogP contribution in [0.25, 0.3) is 0 Å². The molecule has 0 bridgehead atoms. The number of aromatic nitrogens is 2. The Kier molecular flexibility index (Phi) is 8.80. The molecule has 1 amide bonds. The van der Waals surface area contributed by atoms with Crippen molar-refractivity contribution in [2.75, 3.05) is 18.0 Å². The normalized spacial score (nSPS) is 18.6. The lowest BCUT2D eigenvalue weighted by Crippen LogP contribution is -2.51. The van der Waals surface area contributed by atoms with E-state index in [1.807, 2.05) is 32.9 Å². The molecule has 2 heterocycles. The maximum atomic E-state index is 12.1. The topological polar surface area (TPSA) is 84.1 Å². The highest BCUT2D eigenvalue weighted by Gasteiger charge is 2.30. The number of nitrogens with zero attached hydrogens (tertiary/aromatic N) is 3. The number of carbonyl (C=O) groups excluding carboxylic acids is 1. The van der Waals surface area contributed by atoms with Crippen LogP contribution in [0.1, 0.15) is 33.6 Å². The molecule has 1 aromatic rings. The minimum Gasteiger partial charge on any atom is -0.353 e. The van der Waals surface area contributed by atoms with E-state index in [0.29, 0.717) is 6.54 Å². The summed E-state index contributed by atoms with van der Waals surface area (Å²) >= 11 is 0. The molecule has 6 nitrogen and oxygen atoms in total. The highest BCUT2D eigenvalue weighted by molar-refractivity contribution is 5.85. The van der Waals surface area contributed by atoms with Gasteiger partial charge in [0.25, 0.3) is 0 Å². The molecule has 2 rings (SSSR count). The van der Waals surface area contributed by atoms with Gasteiger partial charge in [0.1, 0.15) is 0 Å².